The Hall–Kier alpha value is -3.82. The van der Waals surface area contributed by atoms with E-state index in [1.165, 1.54) is 28.9 Å². The Labute approximate surface area is 177 Å². The van der Waals surface area contributed by atoms with Crippen LogP contribution in [0.15, 0.2) is 54.7 Å². The van der Waals surface area contributed by atoms with Gasteiger partial charge in [-0.25, -0.2) is 4.68 Å². The lowest BCUT2D eigenvalue weighted by Gasteiger charge is -2.13. The molecular formula is C21H21F2N3O5. The van der Waals surface area contributed by atoms with E-state index in [0.717, 1.165) is 0 Å². The van der Waals surface area contributed by atoms with Crippen LogP contribution in [0.4, 0.5) is 14.5 Å². The molecule has 2 aromatic carbocycles. The number of amides is 1. The van der Waals surface area contributed by atoms with Crippen LogP contribution in [-0.4, -0.2) is 36.0 Å². The van der Waals surface area contributed by atoms with Crippen molar-refractivity contribution in [2.45, 2.75) is 20.3 Å². The maximum atomic E-state index is 12.5. The number of halogens is 2. The molecule has 0 bridgehead atoms. The molecule has 1 heterocycles. The van der Waals surface area contributed by atoms with Crippen molar-refractivity contribution in [2.75, 3.05) is 19.0 Å². The summed E-state index contributed by atoms with van der Waals surface area (Å²) >= 11 is 0. The summed E-state index contributed by atoms with van der Waals surface area (Å²) in [5, 5.41) is 6.82. The van der Waals surface area contributed by atoms with Crippen molar-refractivity contribution in [1.29, 1.82) is 0 Å². The SMILES string of the molecule is CCOc1cc(NC(=O)c2ccn(COc3ccc(OC)cc3)n2)ccc1OC(F)F. The highest BCUT2D eigenvalue weighted by molar-refractivity contribution is 6.02. The fourth-order valence-electron chi connectivity index (χ4n) is 2.61. The third-order valence-corrected chi connectivity index (χ3v) is 4.01. The third-order valence-electron chi connectivity index (χ3n) is 4.01. The molecular weight excluding hydrogens is 412 g/mol. The zero-order valence-electron chi connectivity index (χ0n) is 16.9. The first-order valence-electron chi connectivity index (χ1n) is 9.31. The van der Waals surface area contributed by atoms with Crippen LogP contribution in [0.5, 0.6) is 23.0 Å². The summed E-state index contributed by atoms with van der Waals surface area (Å²) in [4.78, 5) is 12.5. The van der Waals surface area contributed by atoms with Gasteiger partial charge >= 0.3 is 6.61 Å². The average Bonchev–Trinajstić information content (AvgIpc) is 3.24. The summed E-state index contributed by atoms with van der Waals surface area (Å²) in [6, 6.07) is 12.7. The summed E-state index contributed by atoms with van der Waals surface area (Å²) in [5.74, 6) is 0.838. The number of alkyl halides is 2. The van der Waals surface area contributed by atoms with Crippen molar-refractivity contribution in [3.63, 3.8) is 0 Å². The minimum Gasteiger partial charge on any atom is -0.497 e. The smallest absolute Gasteiger partial charge is 0.387 e. The van der Waals surface area contributed by atoms with Gasteiger partial charge in [-0.3, -0.25) is 4.79 Å². The molecule has 0 saturated carbocycles. The molecule has 3 rings (SSSR count). The lowest BCUT2D eigenvalue weighted by Crippen LogP contribution is -2.14. The Morgan fingerprint density at radius 1 is 1.06 bits per heavy atom. The third kappa shape index (κ3) is 6.08. The van der Waals surface area contributed by atoms with E-state index in [0.29, 0.717) is 17.2 Å². The molecule has 0 unspecified atom stereocenters. The van der Waals surface area contributed by atoms with E-state index < -0.39 is 12.5 Å². The predicted molar refractivity (Wildman–Crippen MR) is 108 cm³/mol. The largest absolute Gasteiger partial charge is 0.497 e. The van der Waals surface area contributed by atoms with Gasteiger partial charge in [-0.2, -0.15) is 13.9 Å². The fourth-order valence-corrected chi connectivity index (χ4v) is 2.61. The Morgan fingerprint density at radius 2 is 1.81 bits per heavy atom. The average molecular weight is 433 g/mol. The zero-order valence-corrected chi connectivity index (χ0v) is 16.9. The standard InChI is InChI=1S/C21H21F2N3O5/c1-3-29-19-12-14(4-9-18(19)31-21(22)23)24-20(27)17-10-11-26(25-17)13-30-16-7-5-15(28-2)6-8-16/h4-12,21H,3,13H2,1-2H3,(H,24,27). The van der Waals surface area contributed by atoms with E-state index in [1.807, 2.05) is 0 Å². The van der Waals surface area contributed by atoms with Gasteiger partial charge in [-0.05, 0) is 49.4 Å². The Morgan fingerprint density at radius 3 is 2.48 bits per heavy atom. The van der Waals surface area contributed by atoms with Crippen LogP contribution in [0.3, 0.4) is 0 Å². The van der Waals surface area contributed by atoms with Gasteiger partial charge in [0.15, 0.2) is 23.9 Å². The molecule has 0 atom stereocenters. The summed E-state index contributed by atoms with van der Waals surface area (Å²) in [6.07, 6.45) is 1.60. The number of nitrogens with one attached hydrogen (secondary N) is 1. The summed E-state index contributed by atoms with van der Waals surface area (Å²) in [5.41, 5.74) is 0.503. The van der Waals surface area contributed by atoms with Crippen LogP contribution < -0.4 is 24.3 Å². The van der Waals surface area contributed by atoms with E-state index in [4.69, 9.17) is 14.2 Å². The van der Waals surface area contributed by atoms with Gasteiger partial charge in [0.2, 0.25) is 0 Å². The summed E-state index contributed by atoms with van der Waals surface area (Å²) in [7, 11) is 1.58. The second kappa shape index (κ2) is 10.3. The summed E-state index contributed by atoms with van der Waals surface area (Å²) < 4.78 is 46.9. The van der Waals surface area contributed by atoms with Crippen molar-refractivity contribution >= 4 is 11.6 Å². The molecule has 8 nitrogen and oxygen atoms in total. The van der Waals surface area contributed by atoms with E-state index in [2.05, 4.69) is 15.2 Å². The van der Waals surface area contributed by atoms with Gasteiger partial charge < -0.3 is 24.3 Å². The predicted octanol–water partition coefficient (Wildman–Crippen LogP) is 4.18. The first-order chi connectivity index (χ1) is 15.0. The first kappa shape index (κ1) is 21.9. The van der Waals surface area contributed by atoms with Crippen LogP contribution in [0.1, 0.15) is 17.4 Å². The zero-order chi connectivity index (χ0) is 22.2. The number of nitrogens with zero attached hydrogens (tertiary/aromatic N) is 2. The molecule has 0 saturated heterocycles. The number of carbonyl (C=O) groups is 1. The fraction of sp³-hybridized carbons (Fsp3) is 0.238. The van der Waals surface area contributed by atoms with E-state index in [9.17, 15) is 13.6 Å². The number of hydrogen-bond donors (Lipinski definition) is 1. The Kier molecular flexibility index (Phi) is 7.26. The summed E-state index contributed by atoms with van der Waals surface area (Å²) in [6.45, 7) is -0.926. The van der Waals surface area contributed by atoms with Crippen molar-refractivity contribution in [3.05, 3.63) is 60.4 Å². The number of rotatable bonds is 10. The molecule has 3 aromatic rings. The van der Waals surface area contributed by atoms with Gasteiger partial charge in [0.1, 0.15) is 11.5 Å². The molecule has 1 N–H and O–H groups in total. The molecule has 0 aliphatic heterocycles. The molecule has 0 fully saturated rings. The van der Waals surface area contributed by atoms with Gasteiger partial charge in [0, 0.05) is 18.0 Å². The normalized spacial score (nSPS) is 10.6. The van der Waals surface area contributed by atoms with Crippen LogP contribution in [0.2, 0.25) is 0 Å². The molecule has 1 amide bonds. The second-order valence-electron chi connectivity index (χ2n) is 6.12. The number of hydrogen-bond acceptors (Lipinski definition) is 6. The minimum atomic E-state index is -2.98. The molecule has 0 aliphatic rings. The van der Waals surface area contributed by atoms with Crippen molar-refractivity contribution in [1.82, 2.24) is 9.78 Å². The van der Waals surface area contributed by atoms with Crippen molar-refractivity contribution in [2.24, 2.45) is 0 Å². The van der Waals surface area contributed by atoms with Crippen LogP contribution in [-0.2, 0) is 6.73 Å². The number of benzene rings is 2. The molecule has 0 radical (unpaired) electrons. The van der Waals surface area contributed by atoms with E-state index in [1.54, 1.807) is 44.5 Å². The number of carbonyl (C=O) groups excluding carboxylic acids is 1. The molecule has 31 heavy (non-hydrogen) atoms. The lowest BCUT2D eigenvalue weighted by molar-refractivity contribution is -0.0514. The Balaban J connectivity index is 1.61. The van der Waals surface area contributed by atoms with Gasteiger partial charge in [0.05, 0.1) is 13.7 Å². The van der Waals surface area contributed by atoms with Gasteiger partial charge in [0.25, 0.3) is 5.91 Å². The van der Waals surface area contributed by atoms with E-state index >= 15 is 0 Å². The first-order valence-corrected chi connectivity index (χ1v) is 9.31. The molecule has 0 spiro atoms. The maximum Gasteiger partial charge on any atom is 0.387 e. The second-order valence-corrected chi connectivity index (χ2v) is 6.12. The lowest BCUT2D eigenvalue weighted by atomic mass is 10.2. The van der Waals surface area contributed by atoms with Crippen molar-refractivity contribution in [3.8, 4) is 23.0 Å². The number of ether oxygens (including phenoxy) is 4. The number of aromatic nitrogens is 2. The number of methoxy groups -OCH3 is 1. The van der Waals surface area contributed by atoms with Crippen LogP contribution in [0.25, 0.3) is 0 Å². The molecule has 10 heteroatoms. The van der Waals surface area contributed by atoms with Gasteiger partial charge in [-0.15, -0.1) is 0 Å². The minimum absolute atomic E-state index is 0.0963. The molecule has 164 valence electrons. The highest BCUT2D eigenvalue weighted by Gasteiger charge is 2.14. The monoisotopic (exact) mass is 433 g/mol. The Bertz CT molecular complexity index is 1010. The van der Waals surface area contributed by atoms with Crippen molar-refractivity contribution < 1.29 is 32.5 Å². The molecule has 1 aromatic heterocycles. The van der Waals surface area contributed by atoms with Gasteiger partial charge in [-0.1, -0.05) is 0 Å². The highest BCUT2D eigenvalue weighted by atomic mass is 19.3. The highest BCUT2D eigenvalue weighted by Crippen LogP contribution is 2.32. The van der Waals surface area contributed by atoms with Crippen LogP contribution >= 0.6 is 0 Å². The maximum absolute atomic E-state index is 12.5. The van der Waals surface area contributed by atoms with E-state index in [-0.39, 0.29) is 30.5 Å². The topological polar surface area (TPSA) is 83.8 Å². The molecule has 0 aliphatic carbocycles. The number of anilines is 1. The van der Waals surface area contributed by atoms with Crippen LogP contribution in [0, 0.1) is 0 Å². The quantitative estimate of drug-likeness (QED) is 0.517.